The van der Waals surface area contributed by atoms with Crippen LogP contribution in [0.3, 0.4) is 0 Å². The van der Waals surface area contributed by atoms with Gasteiger partial charge in [-0.05, 0) is 37.7 Å². The van der Waals surface area contributed by atoms with Crippen LogP contribution in [-0.4, -0.2) is 25.7 Å². The van der Waals surface area contributed by atoms with Gasteiger partial charge in [0.1, 0.15) is 27.4 Å². The van der Waals surface area contributed by atoms with E-state index in [0.717, 1.165) is 31.7 Å². The summed E-state index contributed by atoms with van der Waals surface area (Å²) in [5.74, 6) is -0.988. The number of nitriles is 1. The molecule has 164 valence electrons. The number of rotatable bonds is 3. The van der Waals surface area contributed by atoms with E-state index in [1.54, 1.807) is 23.9 Å². The Hall–Kier alpha value is -2.77. The summed E-state index contributed by atoms with van der Waals surface area (Å²) in [4.78, 5) is 16.8. The molecule has 0 radical (unpaired) electrons. The van der Waals surface area contributed by atoms with Gasteiger partial charge in [-0.1, -0.05) is 19.3 Å². The van der Waals surface area contributed by atoms with Crippen molar-refractivity contribution in [3.8, 4) is 6.07 Å². The Labute approximate surface area is 181 Å². The third-order valence-corrected chi connectivity index (χ3v) is 7.79. The molecule has 1 saturated carbocycles. The fraction of sp³-hybridized carbons (Fsp3) is 0.476. The van der Waals surface area contributed by atoms with Crippen LogP contribution in [0, 0.1) is 28.0 Å². The number of nitrogens with zero attached hydrogens (tertiary/aromatic N) is 3. The minimum absolute atomic E-state index is 0.0219. The van der Waals surface area contributed by atoms with Crippen LogP contribution in [0.1, 0.15) is 60.3 Å². The van der Waals surface area contributed by atoms with E-state index in [2.05, 4.69) is 15.0 Å². The number of fused-ring (bicyclic) bond motifs is 1. The molecular formula is C21H25FN6O2S. The zero-order valence-electron chi connectivity index (χ0n) is 17.3. The summed E-state index contributed by atoms with van der Waals surface area (Å²) < 4.78 is 40.1. The standard InChI is InChI=1S/C21H25FN6O2S/c1-28-12-18-16(7-8-17(27-31(18,24)30)13-5-3-2-4-6-13)20(28)21(29)26-14-9-15(11-23)25-19(22)10-14/h9-10,12-13,17H,2-8H2,1H3,(H2,24,27,30)(H,25,26,29). The van der Waals surface area contributed by atoms with Crippen LogP contribution in [0.25, 0.3) is 0 Å². The number of hydrogen-bond acceptors (Lipinski definition) is 5. The van der Waals surface area contributed by atoms with E-state index >= 15 is 0 Å². The Kier molecular flexibility index (Phi) is 5.81. The zero-order valence-corrected chi connectivity index (χ0v) is 18.1. The molecule has 1 aliphatic carbocycles. The Balaban J connectivity index is 1.64. The molecule has 0 bridgehead atoms. The van der Waals surface area contributed by atoms with Crippen molar-refractivity contribution >= 4 is 21.5 Å². The SMILES string of the molecule is Cn1cc2c(c1C(=O)Nc1cc(F)nc(C#N)c1)CCC(C1CCCCC1)NS2(=N)=O. The molecule has 8 nitrogen and oxygen atoms in total. The molecule has 2 atom stereocenters. The molecule has 10 heteroatoms. The van der Waals surface area contributed by atoms with Gasteiger partial charge in [0.25, 0.3) is 5.91 Å². The van der Waals surface area contributed by atoms with Gasteiger partial charge < -0.3 is 9.88 Å². The lowest BCUT2D eigenvalue weighted by Crippen LogP contribution is -2.39. The molecule has 1 fully saturated rings. The van der Waals surface area contributed by atoms with Crippen LogP contribution < -0.4 is 10.0 Å². The fourth-order valence-corrected chi connectivity index (χ4v) is 6.47. The number of pyridine rings is 1. The number of hydrogen-bond donors (Lipinski definition) is 3. The van der Waals surface area contributed by atoms with Gasteiger partial charge in [0.15, 0.2) is 0 Å². The molecule has 2 aliphatic rings. The number of amides is 1. The second kappa shape index (κ2) is 8.40. The van der Waals surface area contributed by atoms with Crippen molar-refractivity contribution < 1.29 is 13.4 Å². The Morgan fingerprint density at radius 2 is 2.10 bits per heavy atom. The van der Waals surface area contributed by atoms with E-state index in [9.17, 15) is 13.4 Å². The first kappa shape index (κ1) is 21.5. The highest BCUT2D eigenvalue weighted by molar-refractivity contribution is 7.90. The van der Waals surface area contributed by atoms with Gasteiger partial charge >= 0.3 is 0 Å². The maximum absolute atomic E-state index is 13.6. The molecule has 3 heterocycles. The van der Waals surface area contributed by atoms with Gasteiger partial charge in [-0.2, -0.15) is 9.65 Å². The summed E-state index contributed by atoms with van der Waals surface area (Å²) in [6.45, 7) is 0. The molecular weight excluding hydrogens is 419 g/mol. The summed E-state index contributed by atoms with van der Waals surface area (Å²) in [6, 6.07) is 4.06. The molecule has 4 rings (SSSR count). The lowest BCUT2D eigenvalue weighted by molar-refractivity contribution is 0.101. The number of anilines is 1. The molecule has 31 heavy (non-hydrogen) atoms. The first-order valence-electron chi connectivity index (χ1n) is 10.4. The van der Waals surface area contributed by atoms with Crippen molar-refractivity contribution in [2.75, 3.05) is 5.32 Å². The smallest absolute Gasteiger partial charge is 0.272 e. The van der Waals surface area contributed by atoms with Crippen LogP contribution in [-0.2, 0) is 23.4 Å². The molecule has 0 aromatic carbocycles. The number of nitrogens with one attached hydrogen (secondary N) is 3. The highest BCUT2D eigenvalue weighted by Crippen LogP contribution is 2.34. The third-order valence-electron chi connectivity index (χ3n) is 6.18. The van der Waals surface area contributed by atoms with E-state index in [0.29, 0.717) is 29.2 Å². The van der Waals surface area contributed by atoms with E-state index in [1.165, 1.54) is 12.5 Å². The summed E-state index contributed by atoms with van der Waals surface area (Å²) in [7, 11) is -1.61. The van der Waals surface area contributed by atoms with Gasteiger partial charge in [-0.25, -0.2) is 18.7 Å². The second-order valence-electron chi connectivity index (χ2n) is 8.28. The summed E-state index contributed by atoms with van der Waals surface area (Å²) in [6.07, 6.45) is 8.43. The van der Waals surface area contributed by atoms with E-state index in [1.807, 2.05) is 0 Å². The predicted molar refractivity (Wildman–Crippen MR) is 113 cm³/mol. The molecule has 1 aliphatic heterocycles. The van der Waals surface area contributed by atoms with Crippen molar-refractivity contribution in [3.63, 3.8) is 0 Å². The largest absolute Gasteiger partial charge is 0.345 e. The molecule has 2 aromatic heterocycles. The molecule has 0 spiro atoms. The van der Waals surface area contributed by atoms with E-state index < -0.39 is 21.8 Å². The Morgan fingerprint density at radius 1 is 1.35 bits per heavy atom. The number of halogens is 1. The van der Waals surface area contributed by atoms with E-state index in [4.69, 9.17) is 10.0 Å². The molecule has 3 N–H and O–H groups in total. The van der Waals surface area contributed by atoms with Crippen molar-refractivity contribution in [1.29, 1.82) is 10.0 Å². The number of carbonyl (C=O) groups excluding carboxylic acids is 1. The predicted octanol–water partition coefficient (Wildman–Crippen LogP) is 3.49. The summed E-state index contributed by atoms with van der Waals surface area (Å²) in [5, 5.41) is 11.6. The summed E-state index contributed by atoms with van der Waals surface area (Å²) >= 11 is 0. The van der Waals surface area contributed by atoms with Gasteiger partial charge in [-0.3, -0.25) is 4.79 Å². The first-order valence-corrected chi connectivity index (χ1v) is 12.0. The van der Waals surface area contributed by atoms with Crippen LogP contribution >= 0.6 is 0 Å². The molecule has 1 amide bonds. The average molecular weight is 445 g/mol. The maximum Gasteiger partial charge on any atom is 0.272 e. The van der Waals surface area contributed by atoms with Gasteiger partial charge in [0.2, 0.25) is 5.95 Å². The monoisotopic (exact) mass is 444 g/mol. The zero-order chi connectivity index (χ0) is 22.2. The van der Waals surface area contributed by atoms with Crippen LogP contribution in [0.15, 0.2) is 23.2 Å². The highest BCUT2D eigenvalue weighted by atomic mass is 32.2. The quantitative estimate of drug-likeness (QED) is 0.627. The normalized spacial score (nSPS) is 24.1. The van der Waals surface area contributed by atoms with Crippen LogP contribution in [0.2, 0.25) is 0 Å². The second-order valence-corrected chi connectivity index (χ2v) is 10.1. The molecule has 2 unspecified atom stereocenters. The minimum Gasteiger partial charge on any atom is -0.345 e. The average Bonchev–Trinajstić information content (AvgIpc) is 3.02. The van der Waals surface area contributed by atoms with Gasteiger partial charge in [0.05, 0.1) is 4.90 Å². The van der Waals surface area contributed by atoms with E-state index in [-0.39, 0.29) is 23.1 Å². The van der Waals surface area contributed by atoms with Crippen molar-refractivity contribution in [3.05, 3.63) is 41.2 Å². The molecule has 0 saturated heterocycles. The lowest BCUT2D eigenvalue weighted by Gasteiger charge is -2.30. The Bertz CT molecular complexity index is 1160. The lowest BCUT2D eigenvalue weighted by atomic mass is 9.82. The Morgan fingerprint density at radius 3 is 2.81 bits per heavy atom. The number of aromatic nitrogens is 2. The van der Waals surface area contributed by atoms with Crippen LogP contribution in [0.4, 0.5) is 10.1 Å². The van der Waals surface area contributed by atoms with Gasteiger partial charge in [-0.15, -0.1) is 0 Å². The topological polar surface area (TPSA) is 124 Å². The minimum atomic E-state index is -3.27. The third kappa shape index (κ3) is 4.34. The number of carbonyl (C=O) groups is 1. The van der Waals surface area contributed by atoms with Crippen molar-refractivity contribution in [2.45, 2.75) is 55.9 Å². The first-order chi connectivity index (χ1) is 14.8. The maximum atomic E-state index is 13.6. The molecule has 2 aromatic rings. The summed E-state index contributed by atoms with van der Waals surface area (Å²) in [5.41, 5.74) is 0.842. The van der Waals surface area contributed by atoms with Gasteiger partial charge in [0, 0.05) is 36.6 Å². The number of aryl methyl sites for hydroxylation is 1. The highest BCUT2D eigenvalue weighted by Gasteiger charge is 2.34. The fourth-order valence-electron chi connectivity index (χ4n) is 4.75. The van der Waals surface area contributed by atoms with Crippen LogP contribution in [0.5, 0.6) is 0 Å². The van der Waals surface area contributed by atoms with Crippen molar-refractivity contribution in [1.82, 2.24) is 14.3 Å². The van der Waals surface area contributed by atoms with Crippen molar-refractivity contribution in [2.24, 2.45) is 13.0 Å².